The molecule has 2 aromatic rings. The van der Waals surface area contributed by atoms with Crippen LogP contribution < -0.4 is 9.47 Å². The summed E-state index contributed by atoms with van der Waals surface area (Å²) >= 11 is 0. The van der Waals surface area contributed by atoms with Gasteiger partial charge in [-0.05, 0) is 75.4 Å². The molecule has 0 N–H and O–H groups in total. The third-order valence-electron chi connectivity index (χ3n) is 5.17. The number of hydrogen-bond acceptors (Lipinski definition) is 6. The Bertz CT molecular complexity index is 1020. The molecule has 0 radical (unpaired) electrons. The van der Waals surface area contributed by atoms with E-state index in [1.807, 2.05) is 24.3 Å². The Labute approximate surface area is 207 Å². The quantitative estimate of drug-likeness (QED) is 0.0953. The lowest BCUT2D eigenvalue weighted by Crippen LogP contribution is -2.06. The monoisotopic (exact) mass is 481 g/mol. The lowest BCUT2D eigenvalue weighted by atomic mass is 10.0. The zero-order valence-electron chi connectivity index (χ0n) is 21.2. The highest BCUT2D eigenvalue weighted by atomic mass is 16.7. The number of ether oxygens (including phenoxy) is 4. The van der Waals surface area contributed by atoms with Crippen molar-refractivity contribution in [1.29, 1.82) is 0 Å². The standard InChI is InChI=1S/C28H35NO6/c1-21(2)7-6-8-22(3)9-16-26-27(34-19-32-4)17-24(18-28(26)35-20-33-5)11-10-23-12-14-25(15-13-23)29(30)31/h7,9-15,17-18H,6,8,16,19-20H2,1-5H3. The molecule has 0 amide bonds. The third kappa shape index (κ3) is 9.76. The molecule has 188 valence electrons. The number of allylic oxidation sites excluding steroid dienone is 4. The summed E-state index contributed by atoms with van der Waals surface area (Å²) in [7, 11) is 3.15. The lowest BCUT2D eigenvalue weighted by Gasteiger charge is -2.16. The lowest BCUT2D eigenvalue weighted by molar-refractivity contribution is -0.384. The van der Waals surface area contributed by atoms with Crippen molar-refractivity contribution in [2.75, 3.05) is 27.8 Å². The summed E-state index contributed by atoms with van der Waals surface area (Å²) in [6.45, 7) is 6.56. The Hall–Kier alpha value is -3.42. The molecule has 35 heavy (non-hydrogen) atoms. The molecular weight excluding hydrogens is 446 g/mol. The van der Waals surface area contributed by atoms with Gasteiger partial charge in [-0.25, -0.2) is 0 Å². The fourth-order valence-electron chi connectivity index (χ4n) is 3.31. The van der Waals surface area contributed by atoms with Gasteiger partial charge in [-0.2, -0.15) is 0 Å². The molecule has 0 unspecified atom stereocenters. The summed E-state index contributed by atoms with van der Waals surface area (Å²) in [4.78, 5) is 10.5. The predicted molar refractivity (Wildman–Crippen MR) is 140 cm³/mol. The molecule has 0 spiro atoms. The van der Waals surface area contributed by atoms with Gasteiger partial charge in [0.05, 0.1) is 4.92 Å². The van der Waals surface area contributed by atoms with Crippen LogP contribution in [0.15, 0.2) is 59.7 Å². The molecule has 7 nitrogen and oxygen atoms in total. The predicted octanol–water partition coefficient (Wildman–Crippen LogP) is 6.97. The van der Waals surface area contributed by atoms with E-state index >= 15 is 0 Å². The van der Waals surface area contributed by atoms with E-state index in [4.69, 9.17) is 18.9 Å². The molecule has 0 fully saturated rings. The Morgan fingerprint density at radius 1 is 0.886 bits per heavy atom. The first-order valence-electron chi connectivity index (χ1n) is 11.5. The van der Waals surface area contributed by atoms with Gasteiger partial charge in [0.15, 0.2) is 13.6 Å². The zero-order chi connectivity index (χ0) is 25.6. The largest absolute Gasteiger partial charge is 0.467 e. The molecule has 0 atom stereocenters. The molecule has 0 bridgehead atoms. The number of rotatable bonds is 14. The molecule has 0 aromatic heterocycles. The fraction of sp³-hybridized carbons (Fsp3) is 0.357. The van der Waals surface area contributed by atoms with Gasteiger partial charge in [0.25, 0.3) is 5.69 Å². The summed E-state index contributed by atoms with van der Waals surface area (Å²) < 4.78 is 22.1. The molecule has 0 aliphatic carbocycles. The van der Waals surface area contributed by atoms with Gasteiger partial charge in [-0.3, -0.25) is 10.1 Å². The number of nitro benzene ring substituents is 1. The van der Waals surface area contributed by atoms with Crippen LogP contribution in [0.3, 0.4) is 0 Å². The maximum absolute atomic E-state index is 10.9. The number of nitrogens with zero attached hydrogens (tertiary/aromatic N) is 1. The van der Waals surface area contributed by atoms with Crippen LogP contribution in [0.2, 0.25) is 0 Å². The molecule has 0 saturated heterocycles. The Morgan fingerprint density at radius 3 is 1.97 bits per heavy atom. The van der Waals surface area contributed by atoms with Crippen LogP contribution in [0, 0.1) is 10.1 Å². The Kier molecular flexibility index (Phi) is 11.7. The number of nitro groups is 1. The van der Waals surface area contributed by atoms with Crippen molar-refractivity contribution in [3.63, 3.8) is 0 Å². The van der Waals surface area contributed by atoms with E-state index in [9.17, 15) is 10.1 Å². The van der Waals surface area contributed by atoms with E-state index in [2.05, 4.69) is 32.9 Å². The first-order chi connectivity index (χ1) is 16.8. The van der Waals surface area contributed by atoms with Gasteiger partial charge < -0.3 is 18.9 Å². The summed E-state index contributed by atoms with van der Waals surface area (Å²) in [6.07, 6.45) is 10.9. The minimum absolute atomic E-state index is 0.0567. The molecule has 2 aromatic carbocycles. The van der Waals surface area contributed by atoms with Crippen LogP contribution in [-0.4, -0.2) is 32.7 Å². The average molecular weight is 482 g/mol. The fourth-order valence-corrected chi connectivity index (χ4v) is 3.31. The first-order valence-corrected chi connectivity index (χ1v) is 11.5. The van der Waals surface area contributed by atoms with E-state index < -0.39 is 4.92 Å². The van der Waals surface area contributed by atoms with Gasteiger partial charge in [0.1, 0.15) is 11.5 Å². The van der Waals surface area contributed by atoms with Gasteiger partial charge in [-0.1, -0.05) is 35.5 Å². The first kappa shape index (κ1) is 27.8. The zero-order valence-corrected chi connectivity index (χ0v) is 21.2. The van der Waals surface area contributed by atoms with Crippen molar-refractivity contribution in [2.45, 2.75) is 40.0 Å². The molecular formula is C28H35NO6. The number of hydrogen-bond donors (Lipinski definition) is 0. The second kappa shape index (κ2) is 14.8. The van der Waals surface area contributed by atoms with Crippen molar-refractivity contribution in [3.05, 3.63) is 86.5 Å². The topological polar surface area (TPSA) is 80.1 Å². The smallest absolute Gasteiger partial charge is 0.269 e. The highest BCUT2D eigenvalue weighted by molar-refractivity contribution is 5.72. The Morgan fingerprint density at radius 2 is 1.46 bits per heavy atom. The summed E-state index contributed by atoms with van der Waals surface area (Å²) in [5.41, 5.74) is 5.27. The van der Waals surface area contributed by atoms with Crippen LogP contribution in [0.5, 0.6) is 11.5 Å². The van der Waals surface area contributed by atoms with E-state index in [0.29, 0.717) is 17.9 Å². The molecule has 7 heteroatoms. The van der Waals surface area contributed by atoms with E-state index in [-0.39, 0.29) is 19.3 Å². The second-order valence-corrected chi connectivity index (χ2v) is 8.35. The third-order valence-corrected chi connectivity index (χ3v) is 5.17. The van der Waals surface area contributed by atoms with Gasteiger partial charge in [0, 0.05) is 31.9 Å². The van der Waals surface area contributed by atoms with Crippen LogP contribution in [0.1, 0.15) is 50.3 Å². The molecule has 0 saturated carbocycles. The van der Waals surface area contributed by atoms with Crippen LogP contribution in [0.25, 0.3) is 12.2 Å². The van der Waals surface area contributed by atoms with Gasteiger partial charge in [-0.15, -0.1) is 0 Å². The SMILES string of the molecule is COCOc1cc(C=Cc2ccc([N+](=O)[O-])cc2)cc(OCOC)c1CC=C(C)CCC=C(C)C. The molecule has 0 aliphatic heterocycles. The maximum Gasteiger partial charge on any atom is 0.269 e. The second-order valence-electron chi connectivity index (χ2n) is 8.35. The van der Waals surface area contributed by atoms with Crippen molar-refractivity contribution in [1.82, 2.24) is 0 Å². The summed E-state index contributed by atoms with van der Waals surface area (Å²) in [5.74, 6) is 1.33. The normalized spacial score (nSPS) is 11.5. The van der Waals surface area contributed by atoms with Crippen LogP contribution in [-0.2, 0) is 15.9 Å². The van der Waals surface area contributed by atoms with Crippen molar-refractivity contribution >= 4 is 17.8 Å². The number of non-ortho nitro benzene ring substituents is 1. The summed E-state index contributed by atoms with van der Waals surface area (Å²) in [6, 6.07) is 10.2. The highest BCUT2D eigenvalue weighted by Crippen LogP contribution is 2.33. The van der Waals surface area contributed by atoms with Crippen molar-refractivity contribution in [3.8, 4) is 11.5 Å². The minimum Gasteiger partial charge on any atom is -0.467 e. The molecule has 0 aliphatic rings. The highest BCUT2D eigenvalue weighted by Gasteiger charge is 2.13. The van der Waals surface area contributed by atoms with E-state index in [0.717, 1.165) is 29.5 Å². The minimum atomic E-state index is -0.414. The van der Waals surface area contributed by atoms with Crippen molar-refractivity contribution in [2.24, 2.45) is 0 Å². The van der Waals surface area contributed by atoms with E-state index in [1.165, 1.54) is 23.3 Å². The van der Waals surface area contributed by atoms with Crippen molar-refractivity contribution < 1.29 is 23.9 Å². The van der Waals surface area contributed by atoms with E-state index in [1.54, 1.807) is 26.4 Å². The number of methoxy groups -OCH3 is 2. The maximum atomic E-state index is 10.9. The Balaban J connectivity index is 2.35. The van der Waals surface area contributed by atoms with Gasteiger partial charge in [0.2, 0.25) is 0 Å². The molecule has 2 rings (SSSR count). The number of benzene rings is 2. The van der Waals surface area contributed by atoms with Crippen LogP contribution >= 0.6 is 0 Å². The summed E-state index contributed by atoms with van der Waals surface area (Å²) in [5, 5.41) is 10.9. The average Bonchev–Trinajstić information content (AvgIpc) is 2.84. The van der Waals surface area contributed by atoms with Crippen LogP contribution in [0.4, 0.5) is 5.69 Å². The molecule has 0 heterocycles. The van der Waals surface area contributed by atoms with Gasteiger partial charge >= 0.3 is 0 Å².